The van der Waals surface area contributed by atoms with Crippen LogP contribution in [-0.2, 0) is 0 Å². The summed E-state index contributed by atoms with van der Waals surface area (Å²) in [6.45, 7) is 5.77. The maximum Gasteiger partial charge on any atom is 0.123 e. The van der Waals surface area contributed by atoms with Gasteiger partial charge in [0.1, 0.15) is 5.82 Å². The van der Waals surface area contributed by atoms with E-state index in [9.17, 15) is 4.39 Å². The Bertz CT molecular complexity index is 270. The molecule has 0 bridgehead atoms. The topological polar surface area (TPSA) is 38.4 Å². The molecule has 0 aromatic heterocycles. The van der Waals surface area contributed by atoms with Gasteiger partial charge in [0.25, 0.3) is 0 Å². The molecule has 0 aliphatic rings. The van der Waals surface area contributed by atoms with Crippen molar-refractivity contribution < 1.29 is 5.82 Å². The van der Waals surface area contributed by atoms with Gasteiger partial charge in [0.15, 0.2) is 0 Å². The zero-order valence-electron chi connectivity index (χ0n) is 8.21. The van der Waals surface area contributed by atoms with E-state index in [1.165, 1.54) is 12.1 Å². The predicted molar refractivity (Wildman–Crippen MR) is 56.3 cm³/mol. The van der Waals surface area contributed by atoms with E-state index >= 15 is 0 Å². The van der Waals surface area contributed by atoms with Crippen molar-refractivity contribution in [3.63, 3.8) is 0 Å². The van der Waals surface area contributed by atoms with Crippen molar-refractivity contribution in [2.24, 2.45) is 10.9 Å². The van der Waals surface area contributed by atoms with E-state index in [4.69, 9.17) is 5.84 Å². The van der Waals surface area contributed by atoms with Crippen LogP contribution in [0.3, 0.4) is 0 Å². The molecule has 0 amide bonds. The molecule has 74 valence electrons. The summed E-state index contributed by atoms with van der Waals surface area (Å²) in [6, 6.07) is 6.04. The first-order valence-corrected chi connectivity index (χ1v) is 4.24. The molecular weight excluding hydrogens is 167 g/mol. The van der Waals surface area contributed by atoms with Crippen LogP contribution in [0.5, 0.6) is 0 Å². The average molecular weight is 184 g/mol. The van der Waals surface area contributed by atoms with Gasteiger partial charge in [-0.25, -0.2) is 4.39 Å². The minimum absolute atomic E-state index is 0. The molecule has 0 aliphatic carbocycles. The highest BCUT2D eigenvalue weighted by atomic mass is 19.1. The standard InChI is InChI=1S/C8H9FN2.C2H6.H2/c1-6(11-10)7-2-4-8(9)5-3-7;1-2;/h2-5H,10H2,1H3;1-2H3;1H/b11-6+;;. The van der Waals surface area contributed by atoms with Gasteiger partial charge in [-0.3, -0.25) is 0 Å². The number of nitrogens with two attached hydrogens (primary N) is 1. The number of rotatable bonds is 1. The highest BCUT2D eigenvalue weighted by Gasteiger charge is 1.95. The van der Waals surface area contributed by atoms with E-state index in [0.717, 1.165) is 5.56 Å². The molecule has 0 fully saturated rings. The zero-order valence-corrected chi connectivity index (χ0v) is 8.21. The Balaban J connectivity index is 0. The monoisotopic (exact) mass is 184 g/mol. The molecule has 1 aromatic carbocycles. The van der Waals surface area contributed by atoms with Gasteiger partial charge in [0.05, 0.1) is 5.71 Å². The van der Waals surface area contributed by atoms with Gasteiger partial charge in [-0.2, -0.15) is 5.10 Å². The van der Waals surface area contributed by atoms with Gasteiger partial charge in [0, 0.05) is 1.43 Å². The van der Waals surface area contributed by atoms with Crippen molar-refractivity contribution in [2.75, 3.05) is 0 Å². The van der Waals surface area contributed by atoms with Crippen molar-refractivity contribution in [1.82, 2.24) is 0 Å². The maximum absolute atomic E-state index is 12.4. The van der Waals surface area contributed by atoms with Crippen LogP contribution < -0.4 is 5.84 Å². The van der Waals surface area contributed by atoms with Crippen LogP contribution in [0.15, 0.2) is 29.4 Å². The lowest BCUT2D eigenvalue weighted by atomic mass is 10.1. The number of nitrogens with zero attached hydrogens (tertiary/aromatic N) is 1. The third-order valence-electron chi connectivity index (χ3n) is 1.46. The molecular formula is C10H17FN2. The second-order valence-electron chi connectivity index (χ2n) is 2.22. The Morgan fingerprint density at radius 2 is 1.77 bits per heavy atom. The van der Waals surface area contributed by atoms with Crippen LogP contribution >= 0.6 is 0 Å². The van der Waals surface area contributed by atoms with Crippen LogP contribution in [0.1, 0.15) is 27.8 Å². The largest absolute Gasteiger partial charge is 0.323 e. The Morgan fingerprint density at radius 3 is 2.15 bits per heavy atom. The fourth-order valence-corrected chi connectivity index (χ4v) is 0.766. The first-order valence-electron chi connectivity index (χ1n) is 4.24. The lowest BCUT2D eigenvalue weighted by molar-refractivity contribution is 0.628. The normalized spacial score (nSPS) is 10.3. The summed E-state index contributed by atoms with van der Waals surface area (Å²) in [7, 11) is 0. The van der Waals surface area contributed by atoms with Crippen LogP contribution in [0.4, 0.5) is 4.39 Å². The molecule has 0 spiro atoms. The van der Waals surface area contributed by atoms with E-state index < -0.39 is 0 Å². The molecule has 0 unspecified atom stereocenters. The fraction of sp³-hybridized carbons (Fsp3) is 0.300. The summed E-state index contributed by atoms with van der Waals surface area (Å²) in [6.07, 6.45) is 0. The van der Waals surface area contributed by atoms with Crippen LogP contribution in [-0.4, -0.2) is 5.71 Å². The van der Waals surface area contributed by atoms with E-state index in [1.807, 2.05) is 13.8 Å². The minimum Gasteiger partial charge on any atom is -0.323 e. The number of hydrogen-bond acceptors (Lipinski definition) is 2. The van der Waals surface area contributed by atoms with Gasteiger partial charge < -0.3 is 5.84 Å². The van der Waals surface area contributed by atoms with Crippen molar-refractivity contribution >= 4 is 5.71 Å². The summed E-state index contributed by atoms with van der Waals surface area (Å²) in [5, 5.41) is 3.48. The van der Waals surface area contributed by atoms with E-state index in [-0.39, 0.29) is 7.24 Å². The third kappa shape index (κ3) is 3.69. The molecule has 0 radical (unpaired) electrons. The molecule has 1 rings (SSSR count). The van der Waals surface area contributed by atoms with Crippen LogP contribution in [0.2, 0.25) is 0 Å². The zero-order chi connectivity index (χ0) is 10.3. The second kappa shape index (κ2) is 6.17. The molecule has 3 heteroatoms. The highest BCUT2D eigenvalue weighted by Crippen LogP contribution is 2.03. The van der Waals surface area contributed by atoms with Crippen molar-refractivity contribution in [3.8, 4) is 0 Å². The summed E-state index contributed by atoms with van der Waals surface area (Å²) >= 11 is 0. The van der Waals surface area contributed by atoms with Crippen molar-refractivity contribution in [2.45, 2.75) is 20.8 Å². The molecule has 2 nitrogen and oxygen atoms in total. The van der Waals surface area contributed by atoms with Gasteiger partial charge >= 0.3 is 0 Å². The van der Waals surface area contributed by atoms with Crippen molar-refractivity contribution in [1.29, 1.82) is 0 Å². The first kappa shape index (κ1) is 11.6. The van der Waals surface area contributed by atoms with Gasteiger partial charge in [-0.15, -0.1) is 0 Å². The minimum atomic E-state index is -0.251. The molecule has 1 aromatic rings. The van der Waals surface area contributed by atoms with E-state index in [2.05, 4.69) is 5.10 Å². The third-order valence-corrected chi connectivity index (χ3v) is 1.46. The summed E-state index contributed by atoms with van der Waals surface area (Å²) in [5.74, 6) is 4.79. The molecule has 2 N–H and O–H groups in total. The number of benzene rings is 1. The van der Waals surface area contributed by atoms with E-state index in [1.54, 1.807) is 19.1 Å². The molecule has 0 saturated carbocycles. The lowest BCUT2D eigenvalue weighted by Gasteiger charge is -1.96. The first-order chi connectivity index (χ1) is 6.24. The Hall–Kier alpha value is -1.38. The van der Waals surface area contributed by atoms with Crippen LogP contribution in [0.25, 0.3) is 0 Å². The van der Waals surface area contributed by atoms with Crippen LogP contribution in [0, 0.1) is 5.82 Å². The second-order valence-corrected chi connectivity index (χ2v) is 2.22. The predicted octanol–water partition coefficient (Wildman–Crippen LogP) is 2.78. The molecule has 13 heavy (non-hydrogen) atoms. The summed E-state index contributed by atoms with van der Waals surface area (Å²) in [4.78, 5) is 0. The quantitative estimate of drug-likeness (QED) is 0.407. The fourth-order valence-electron chi connectivity index (χ4n) is 0.766. The molecule has 0 atom stereocenters. The summed E-state index contributed by atoms with van der Waals surface area (Å²) < 4.78 is 12.4. The van der Waals surface area contributed by atoms with E-state index in [0.29, 0.717) is 5.71 Å². The lowest BCUT2D eigenvalue weighted by Crippen LogP contribution is -1.98. The smallest absolute Gasteiger partial charge is 0.123 e. The Kier molecular flexibility index (Phi) is 5.52. The number of hydrazone groups is 1. The van der Waals surface area contributed by atoms with Gasteiger partial charge in [-0.05, 0) is 24.6 Å². The number of halogens is 1. The highest BCUT2D eigenvalue weighted by molar-refractivity contribution is 5.98. The summed E-state index contributed by atoms with van der Waals surface area (Å²) in [5.41, 5.74) is 1.54. The Labute approximate surface area is 79.8 Å². The van der Waals surface area contributed by atoms with Gasteiger partial charge in [-0.1, -0.05) is 26.0 Å². The number of hydrogen-bond donors (Lipinski definition) is 1. The van der Waals surface area contributed by atoms with Gasteiger partial charge in [0.2, 0.25) is 0 Å². The molecule has 0 aliphatic heterocycles. The maximum atomic E-state index is 12.4. The average Bonchev–Trinajstić information content (AvgIpc) is 2.21. The van der Waals surface area contributed by atoms with Crippen molar-refractivity contribution in [3.05, 3.63) is 35.6 Å². The SMILES string of the molecule is C/C(=N\N)c1ccc(F)cc1.CC.[HH]. The molecule has 0 heterocycles. The molecule has 0 saturated heterocycles. The Morgan fingerprint density at radius 1 is 1.31 bits per heavy atom.